The van der Waals surface area contributed by atoms with Gasteiger partial charge in [-0.25, -0.2) is 13.1 Å². The minimum atomic E-state index is -3.13. The van der Waals surface area contributed by atoms with Gasteiger partial charge in [0.2, 0.25) is 10.0 Å². The van der Waals surface area contributed by atoms with Gasteiger partial charge in [-0.3, -0.25) is 0 Å². The zero-order valence-corrected chi connectivity index (χ0v) is 10.7. The van der Waals surface area contributed by atoms with Crippen molar-refractivity contribution in [2.24, 2.45) is 0 Å². The second kappa shape index (κ2) is 6.48. The second-order valence-corrected chi connectivity index (χ2v) is 6.42. The van der Waals surface area contributed by atoms with Gasteiger partial charge in [0, 0.05) is 17.3 Å². The average Bonchev–Trinajstić information content (AvgIpc) is 2.67. The fourth-order valence-corrected chi connectivity index (χ4v) is 3.18. The molecule has 0 atom stereocenters. The molecule has 0 bridgehead atoms. The zero-order chi connectivity index (χ0) is 11.1. The van der Waals surface area contributed by atoms with E-state index in [1.807, 2.05) is 17.5 Å². The molecule has 0 aliphatic rings. The van der Waals surface area contributed by atoms with E-state index in [2.05, 4.69) is 4.72 Å². The quantitative estimate of drug-likeness (QED) is 0.767. The van der Waals surface area contributed by atoms with Crippen molar-refractivity contribution in [2.45, 2.75) is 12.8 Å². The van der Waals surface area contributed by atoms with Gasteiger partial charge in [0.1, 0.15) is 0 Å². The molecule has 0 saturated heterocycles. The first kappa shape index (κ1) is 13.0. The molecule has 0 aliphatic heterocycles. The molecule has 0 unspecified atom stereocenters. The summed E-state index contributed by atoms with van der Waals surface area (Å²) in [7, 11) is -3.13. The highest BCUT2D eigenvalue weighted by atomic mass is 35.5. The highest BCUT2D eigenvalue weighted by molar-refractivity contribution is 7.89. The lowest BCUT2D eigenvalue weighted by Crippen LogP contribution is -2.28. The summed E-state index contributed by atoms with van der Waals surface area (Å²) in [5, 5.41) is 1.98. The maximum absolute atomic E-state index is 11.4. The smallest absolute Gasteiger partial charge is 0.211 e. The van der Waals surface area contributed by atoms with Crippen LogP contribution in [0, 0.1) is 0 Å². The lowest BCUT2D eigenvalue weighted by Gasteiger charge is -2.04. The van der Waals surface area contributed by atoms with Crippen LogP contribution in [0.2, 0.25) is 0 Å². The van der Waals surface area contributed by atoms with Crippen molar-refractivity contribution < 1.29 is 8.42 Å². The predicted octanol–water partition coefficient (Wildman–Crippen LogP) is 1.84. The number of alkyl halides is 1. The van der Waals surface area contributed by atoms with Gasteiger partial charge in [-0.05, 0) is 24.3 Å². The molecule has 0 saturated carbocycles. The van der Waals surface area contributed by atoms with Crippen LogP contribution in [0.3, 0.4) is 0 Å². The van der Waals surface area contributed by atoms with Crippen molar-refractivity contribution in [3.63, 3.8) is 0 Å². The Morgan fingerprint density at radius 3 is 2.87 bits per heavy atom. The summed E-state index contributed by atoms with van der Waals surface area (Å²) in [4.78, 5) is 1.19. The first-order valence-corrected chi connectivity index (χ1v) is 7.76. The molecule has 6 heteroatoms. The molecular weight excluding hydrogens is 254 g/mol. The van der Waals surface area contributed by atoms with Crippen molar-refractivity contribution in [3.8, 4) is 0 Å². The van der Waals surface area contributed by atoms with Gasteiger partial charge in [0.15, 0.2) is 0 Å². The molecule has 1 rings (SSSR count). The molecule has 1 aromatic rings. The number of hydrogen-bond donors (Lipinski definition) is 1. The molecule has 1 heterocycles. The van der Waals surface area contributed by atoms with Gasteiger partial charge in [-0.15, -0.1) is 22.9 Å². The number of nitrogens with one attached hydrogen (secondary N) is 1. The van der Waals surface area contributed by atoms with Crippen molar-refractivity contribution in [1.29, 1.82) is 0 Å². The monoisotopic (exact) mass is 267 g/mol. The van der Waals surface area contributed by atoms with Crippen LogP contribution in [0.1, 0.15) is 11.3 Å². The minimum absolute atomic E-state index is 0.112. The van der Waals surface area contributed by atoms with Gasteiger partial charge >= 0.3 is 0 Å². The number of hydrogen-bond acceptors (Lipinski definition) is 3. The Hall–Kier alpha value is -0.100. The average molecular weight is 268 g/mol. The first-order chi connectivity index (χ1) is 7.14. The van der Waals surface area contributed by atoms with Crippen LogP contribution in [-0.4, -0.2) is 26.6 Å². The number of sulfonamides is 1. The minimum Gasteiger partial charge on any atom is -0.215 e. The topological polar surface area (TPSA) is 46.2 Å². The van der Waals surface area contributed by atoms with Crippen LogP contribution in [0.5, 0.6) is 0 Å². The summed E-state index contributed by atoms with van der Waals surface area (Å²) in [5.74, 6) is 0.493. The van der Waals surface area contributed by atoms with E-state index >= 15 is 0 Å². The largest absolute Gasteiger partial charge is 0.215 e. The SMILES string of the molecule is O=S(=O)(CCCCl)NCCc1cccs1. The van der Waals surface area contributed by atoms with Crippen LogP contribution < -0.4 is 4.72 Å². The van der Waals surface area contributed by atoms with Crippen molar-refractivity contribution >= 4 is 33.0 Å². The van der Waals surface area contributed by atoms with E-state index in [-0.39, 0.29) is 5.75 Å². The molecule has 1 N–H and O–H groups in total. The molecule has 0 amide bonds. The lowest BCUT2D eigenvalue weighted by atomic mass is 10.3. The molecule has 15 heavy (non-hydrogen) atoms. The summed E-state index contributed by atoms with van der Waals surface area (Å²) in [6.45, 7) is 0.463. The summed E-state index contributed by atoms with van der Waals surface area (Å²) in [6, 6.07) is 3.96. The summed E-state index contributed by atoms with van der Waals surface area (Å²) >= 11 is 7.07. The van der Waals surface area contributed by atoms with Gasteiger partial charge in [0.05, 0.1) is 5.75 Å². The maximum atomic E-state index is 11.4. The third-order valence-corrected chi connectivity index (χ3v) is 4.49. The fraction of sp³-hybridized carbons (Fsp3) is 0.556. The molecule has 0 fully saturated rings. The normalized spacial score (nSPS) is 11.8. The van der Waals surface area contributed by atoms with Crippen LogP contribution in [0.25, 0.3) is 0 Å². The number of rotatable bonds is 7. The molecule has 3 nitrogen and oxygen atoms in total. The molecule has 0 aromatic carbocycles. The van der Waals surface area contributed by atoms with Crippen molar-refractivity contribution in [2.75, 3.05) is 18.2 Å². The maximum Gasteiger partial charge on any atom is 0.211 e. The highest BCUT2D eigenvalue weighted by Gasteiger charge is 2.08. The first-order valence-electron chi connectivity index (χ1n) is 4.70. The van der Waals surface area contributed by atoms with Crippen molar-refractivity contribution in [1.82, 2.24) is 4.72 Å². The van der Waals surface area contributed by atoms with Crippen LogP contribution in [0.15, 0.2) is 17.5 Å². The molecule has 0 radical (unpaired) electrons. The third-order valence-electron chi connectivity index (χ3n) is 1.82. The summed E-state index contributed by atoms with van der Waals surface area (Å²) in [5.41, 5.74) is 0. The van der Waals surface area contributed by atoms with E-state index in [0.717, 1.165) is 6.42 Å². The third kappa shape index (κ3) is 5.51. The van der Waals surface area contributed by atoms with Crippen molar-refractivity contribution in [3.05, 3.63) is 22.4 Å². The van der Waals surface area contributed by atoms with Crippen LogP contribution >= 0.6 is 22.9 Å². The lowest BCUT2D eigenvalue weighted by molar-refractivity contribution is 0.580. The Morgan fingerprint density at radius 2 is 2.27 bits per heavy atom. The molecule has 1 aromatic heterocycles. The molecular formula is C9H14ClNO2S2. The van der Waals surface area contributed by atoms with Gasteiger partial charge < -0.3 is 0 Å². The molecule has 0 aliphatic carbocycles. The number of thiophene rings is 1. The number of halogens is 1. The van der Waals surface area contributed by atoms with E-state index in [1.54, 1.807) is 11.3 Å². The van der Waals surface area contributed by atoms with E-state index in [9.17, 15) is 8.42 Å². The fourth-order valence-electron chi connectivity index (χ4n) is 1.10. The molecule has 86 valence electrons. The van der Waals surface area contributed by atoms with E-state index in [4.69, 9.17) is 11.6 Å². The highest BCUT2D eigenvalue weighted by Crippen LogP contribution is 2.08. The standard InChI is InChI=1S/C9H14ClNO2S2/c10-5-2-8-15(12,13)11-6-4-9-3-1-7-14-9/h1,3,7,11H,2,4-6,8H2. The predicted molar refractivity (Wildman–Crippen MR) is 65.1 cm³/mol. The van der Waals surface area contributed by atoms with Crippen LogP contribution in [0.4, 0.5) is 0 Å². The van der Waals surface area contributed by atoms with E-state index in [0.29, 0.717) is 18.8 Å². The molecule has 0 spiro atoms. The summed E-state index contributed by atoms with van der Waals surface area (Å²) in [6.07, 6.45) is 1.24. The zero-order valence-electron chi connectivity index (χ0n) is 8.28. The summed E-state index contributed by atoms with van der Waals surface area (Å²) < 4.78 is 25.3. The van der Waals surface area contributed by atoms with Crippen LogP contribution in [-0.2, 0) is 16.4 Å². The Labute approximate surface area is 99.5 Å². The Morgan fingerprint density at radius 1 is 1.47 bits per heavy atom. The van der Waals surface area contributed by atoms with Gasteiger partial charge in [-0.1, -0.05) is 6.07 Å². The Balaban J connectivity index is 2.24. The second-order valence-electron chi connectivity index (χ2n) is 3.09. The Bertz CT molecular complexity index is 361. The van der Waals surface area contributed by atoms with Gasteiger partial charge in [-0.2, -0.15) is 0 Å². The van der Waals surface area contributed by atoms with E-state index < -0.39 is 10.0 Å². The van der Waals surface area contributed by atoms with Gasteiger partial charge in [0.25, 0.3) is 0 Å². The van der Waals surface area contributed by atoms with E-state index in [1.165, 1.54) is 4.88 Å². The Kier molecular flexibility index (Phi) is 5.60.